The summed E-state index contributed by atoms with van der Waals surface area (Å²) in [7, 11) is 0. The highest BCUT2D eigenvalue weighted by Gasteiger charge is 2.27. The second-order valence-electron chi connectivity index (χ2n) is 4.57. The topological polar surface area (TPSA) is 46.3 Å². The van der Waals surface area contributed by atoms with Crippen molar-refractivity contribution in [1.29, 1.82) is 0 Å². The summed E-state index contributed by atoms with van der Waals surface area (Å²) in [5.41, 5.74) is 5.31. The molecule has 0 heterocycles. The van der Waals surface area contributed by atoms with Gasteiger partial charge in [-0.05, 0) is 34.6 Å². The van der Waals surface area contributed by atoms with E-state index in [1.165, 1.54) is 0 Å². The Labute approximate surface area is 87.6 Å². The van der Waals surface area contributed by atoms with Gasteiger partial charge in [0.1, 0.15) is 0 Å². The monoisotopic (exact) mass is 200 g/mol. The molecule has 0 rings (SSSR count). The SMILES string of the molecule is CC(C(N)=O)C(C)N(C(C)C)C(C)C. The molecular formula is C11H24N2O. The fraction of sp³-hybridized carbons (Fsp3) is 0.909. The highest BCUT2D eigenvalue weighted by atomic mass is 16.1. The molecule has 84 valence electrons. The molecule has 14 heavy (non-hydrogen) atoms. The second-order valence-corrected chi connectivity index (χ2v) is 4.57. The summed E-state index contributed by atoms with van der Waals surface area (Å²) in [6, 6.07) is 1.08. The molecule has 2 atom stereocenters. The van der Waals surface area contributed by atoms with Crippen molar-refractivity contribution in [2.24, 2.45) is 11.7 Å². The van der Waals surface area contributed by atoms with E-state index in [9.17, 15) is 4.79 Å². The summed E-state index contributed by atoms with van der Waals surface area (Å²) in [6.07, 6.45) is 0. The second kappa shape index (κ2) is 5.35. The molecule has 0 radical (unpaired) electrons. The number of nitrogens with two attached hydrogens (primary N) is 1. The van der Waals surface area contributed by atoms with Crippen molar-refractivity contribution in [3.05, 3.63) is 0 Å². The lowest BCUT2D eigenvalue weighted by molar-refractivity contribution is -0.123. The Morgan fingerprint density at radius 3 is 1.57 bits per heavy atom. The summed E-state index contributed by atoms with van der Waals surface area (Å²) in [5, 5.41) is 0. The van der Waals surface area contributed by atoms with Gasteiger partial charge in [-0.3, -0.25) is 9.69 Å². The smallest absolute Gasteiger partial charge is 0.221 e. The third kappa shape index (κ3) is 3.29. The van der Waals surface area contributed by atoms with Gasteiger partial charge in [-0.25, -0.2) is 0 Å². The number of carbonyl (C=O) groups is 1. The minimum Gasteiger partial charge on any atom is -0.369 e. The van der Waals surface area contributed by atoms with E-state index in [4.69, 9.17) is 5.73 Å². The van der Waals surface area contributed by atoms with Gasteiger partial charge in [0.05, 0.1) is 5.92 Å². The molecule has 0 aromatic rings. The molecule has 0 aromatic heterocycles. The Kier molecular flexibility index (Phi) is 5.13. The van der Waals surface area contributed by atoms with Crippen LogP contribution in [0, 0.1) is 5.92 Å². The van der Waals surface area contributed by atoms with Gasteiger partial charge < -0.3 is 5.73 Å². The van der Waals surface area contributed by atoms with Gasteiger partial charge in [-0.1, -0.05) is 6.92 Å². The predicted octanol–water partition coefficient (Wildman–Crippen LogP) is 1.62. The first-order chi connectivity index (χ1) is 6.29. The molecule has 3 nitrogen and oxygen atoms in total. The van der Waals surface area contributed by atoms with Crippen molar-refractivity contribution in [2.75, 3.05) is 0 Å². The van der Waals surface area contributed by atoms with E-state index in [0.717, 1.165) is 0 Å². The average molecular weight is 200 g/mol. The first-order valence-electron chi connectivity index (χ1n) is 5.35. The van der Waals surface area contributed by atoms with Gasteiger partial charge in [0.25, 0.3) is 0 Å². The maximum absolute atomic E-state index is 11.1. The van der Waals surface area contributed by atoms with Crippen LogP contribution in [0.3, 0.4) is 0 Å². The summed E-state index contributed by atoms with van der Waals surface area (Å²) in [6.45, 7) is 12.5. The Hall–Kier alpha value is -0.570. The summed E-state index contributed by atoms with van der Waals surface area (Å²) >= 11 is 0. The van der Waals surface area contributed by atoms with Gasteiger partial charge in [0, 0.05) is 18.1 Å². The van der Waals surface area contributed by atoms with Crippen molar-refractivity contribution in [3.8, 4) is 0 Å². The summed E-state index contributed by atoms with van der Waals surface area (Å²) < 4.78 is 0. The van der Waals surface area contributed by atoms with E-state index in [2.05, 4.69) is 39.5 Å². The quantitative estimate of drug-likeness (QED) is 0.733. The van der Waals surface area contributed by atoms with Gasteiger partial charge in [-0.2, -0.15) is 0 Å². The van der Waals surface area contributed by atoms with E-state index in [-0.39, 0.29) is 17.9 Å². The van der Waals surface area contributed by atoms with Gasteiger partial charge in [0.15, 0.2) is 0 Å². The fourth-order valence-electron chi connectivity index (χ4n) is 2.03. The molecular weight excluding hydrogens is 176 g/mol. The zero-order valence-electron chi connectivity index (χ0n) is 10.2. The standard InChI is InChI=1S/C11H24N2O/c1-7(2)13(8(3)4)10(6)9(5)11(12)14/h7-10H,1-6H3,(H2,12,14). The van der Waals surface area contributed by atoms with Crippen molar-refractivity contribution in [1.82, 2.24) is 4.90 Å². The lowest BCUT2D eigenvalue weighted by atomic mass is 9.98. The van der Waals surface area contributed by atoms with Crippen molar-refractivity contribution >= 4 is 5.91 Å². The van der Waals surface area contributed by atoms with Gasteiger partial charge in [-0.15, -0.1) is 0 Å². The first-order valence-corrected chi connectivity index (χ1v) is 5.35. The van der Waals surface area contributed by atoms with Crippen LogP contribution in [-0.2, 0) is 4.79 Å². The lowest BCUT2D eigenvalue weighted by Gasteiger charge is -2.38. The van der Waals surface area contributed by atoms with E-state index < -0.39 is 0 Å². The zero-order valence-corrected chi connectivity index (χ0v) is 10.2. The molecule has 0 saturated carbocycles. The molecule has 0 bridgehead atoms. The van der Waals surface area contributed by atoms with Crippen molar-refractivity contribution in [3.63, 3.8) is 0 Å². The van der Waals surface area contributed by atoms with Crippen molar-refractivity contribution in [2.45, 2.75) is 59.7 Å². The predicted molar refractivity (Wildman–Crippen MR) is 59.9 cm³/mol. The number of amides is 1. The molecule has 1 amide bonds. The fourth-order valence-corrected chi connectivity index (χ4v) is 2.03. The van der Waals surface area contributed by atoms with Crippen molar-refractivity contribution < 1.29 is 4.79 Å². The molecule has 0 aliphatic rings. The molecule has 0 fully saturated rings. The Bertz CT molecular complexity index is 182. The third-order valence-electron chi connectivity index (χ3n) is 2.84. The number of primary amides is 1. The average Bonchev–Trinajstić information content (AvgIpc) is 2.01. The lowest BCUT2D eigenvalue weighted by Crippen LogP contribution is -2.49. The highest BCUT2D eigenvalue weighted by molar-refractivity contribution is 5.76. The van der Waals surface area contributed by atoms with Crippen LogP contribution in [0.1, 0.15) is 41.5 Å². The Balaban J connectivity index is 4.59. The third-order valence-corrected chi connectivity index (χ3v) is 2.84. The minimum atomic E-state index is -0.219. The van der Waals surface area contributed by atoms with Crippen LogP contribution in [0.4, 0.5) is 0 Å². The summed E-state index contributed by atoms with van der Waals surface area (Å²) in [4.78, 5) is 13.4. The van der Waals surface area contributed by atoms with E-state index in [1.807, 2.05) is 6.92 Å². The molecule has 2 N–H and O–H groups in total. The minimum absolute atomic E-state index is 0.0974. The molecule has 0 saturated heterocycles. The molecule has 0 aliphatic heterocycles. The van der Waals surface area contributed by atoms with Crippen LogP contribution in [0.15, 0.2) is 0 Å². The molecule has 0 aliphatic carbocycles. The van der Waals surface area contributed by atoms with Crippen LogP contribution in [-0.4, -0.2) is 28.9 Å². The number of hydrogen-bond acceptors (Lipinski definition) is 2. The maximum Gasteiger partial charge on any atom is 0.221 e. The molecule has 2 unspecified atom stereocenters. The largest absolute Gasteiger partial charge is 0.369 e. The first kappa shape index (κ1) is 13.4. The number of nitrogens with zero attached hydrogens (tertiary/aromatic N) is 1. The van der Waals surface area contributed by atoms with Crippen LogP contribution < -0.4 is 5.73 Å². The Morgan fingerprint density at radius 2 is 1.36 bits per heavy atom. The van der Waals surface area contributed by atoms with Crippen LogP contribution >= 0.6 is 0 Å². The molecule has 0 aromatic carbocycles. The highest BCUT2D eigenvalue weighted by Crippen LogP contribution is 2.17. The maximum atomic E-state index is 11.1. The normalized spacial score (nSPS) is 16.4. The molecule has 3 heteroatoms. The number of carbonyl (C=O) groups excluding carboxylic acids is 1. The van der Waals surface area contributed by atoms with Gasteiger partial charge >= 0.3 is 0 Å². The van der Waals surface area contributed by atoms with Crippen LogP contribution in [0.25, 0.3) is 0 Å². The zero-order chi connectivity index (χ0) is 11.5. The van der Waals surface area contributed by atoms with E-state index in [0.29, 0.717) is 12.1 Å². The van der Waals surface area contributed by atoms with Crippen LogP contribution in [0.5, 0.6) is 0 Å². The molecule has 0 spiro atoms. The Morgan fingerprint density at radius 1 is 1.00 bits per heavy atom. The number of hydrogen-bond donors (Lipinski definition) is 1. The van der Waals surface area contributed by atoms with Crippen LogP contribution in [0.2, 0.25) is 0 Å². The van der Waals surface area contributed by atoms with E-state index >= 15 is 0 Å². The van der Waals surface area contributed by atoms with E-state index in [1.54, 1.807) is 0 Å². The van der Waals surface area contributed by atoms with Gasteiger partial charge in [0.2, 0.25) is 5.91 Å². The summed E-state index contributed by atoms with van der Waals surface area (Å²) in [5.74, 6) is -0.316. The number of rotatable bonds is 5.